The number of benzene rings is 1. The van der Waals surface area contributed by atoms with Crippen LogP contribution in [0, 0.1) is 17.0 Å². The van der Waals surface area contributed by atoms with Crippen molar-refractivity contribution in [1.29, 1.82) is 0 Å². The van der Waals surface area contributed by atoms with Crippen molar-refractivity contribution < 1.29 is 14.5 Å². The second-order valence-electron chi connectivity index (χ2n) is 4.19. The average Bonchev–Trinajstić information content (AvgIpc) is 2.38. The highest BCUT2D eigenvalue weighted by atomic mass is 16.6. The third-order valence-corrected chi connectivity index (χ3v) is 2.67. The van der Waals surface area contributed by atoms with E-state index >= 15 is 0 Å². The van der Waals surface area contributed by atoms with Gasteiger partial charge >= 0.3 is 6.03 Å². The van der Waals surface area contributed by atoms with Gasteiger partial charge in [0.05, 0.1) is 22.8 Å². The summed E-state index contributed by atoms with van der Waals surface area (Å²) in [6.45, 7) is 2.59. The molecular formula is C12H18N4O4. The fraction of sp³-hybridized carbons (Fsp3) is 0.417. The second-order valence-corrected chi connectivity index (χ2v) is 4.19. The van der Waals surface area contributed by atoms with E-state index in [1.165, 1.54) is 12.1 Å². The number of ether oxygens (including phenoxy) is 1. The van der Waals surface area contributed by atoms with Crippen molar-refractivity contribution >= 4 is 17.4 Å². The quantitative estimate of drug-likeness (QED) is 0.609. The summed E-state index contributed by atoms with van der Waals surface area (Å²) in [6, 6.07) is 4.06. The molecule has 0 atom stereocenters. The van der Waals surface area contributed by atoms with Gasteiger partial charge in [0.25, 0.3) is 5.69 Å². The summed E-state index contributed by atoms with van der Waals surface area (Å²) in [7, 11) is 3.26. The second kappa shape index (κ2) is 7.41. The minimum absolute atomic E-state index is 0.0319. The number of nitrogens with zero attached hydrogens (tertiary/aromatic N) is 2. The summed E-state index contributed by atoms with van der Waals surface area (Å²) in [4.78, 5) is 22.1. The fourth-order valence-corrected chi connectivity index (χ4v) is 1.56. The maximum absolute atomic E-state index is 11.7. The molecule has 0 unspecified atom stereocenters. The van der Waals surface area contributed by atoms with Crippen LogP contribution in [-0.2, 0) is 4.74 Å². The maximum Gasteiger partial charge on any atom is 0.333 e. The number of hydrogen-bond acceptors (Lipinski definition) is 5. The van der Waals surface area contributed by atoms with E-state index in [2.05, 4.69) is 10.7 Å². The number of likely N-dealkylation sites (N-methyl/N-ethyl adjacent to an activating group) is 1. The molecule has 20 heavy (non-hydrogen) atoms. The van der Waals surface area contributed by atoms with Gasteiger partial charge in [-0.15, -0.1) is 0 Å². The topological polar surface area (TPSA) is 96.7 Å². The summed E-state index contributed by atoms with van der Waals surface area (Å²) >= 11 is 0. The van der Waals surface area contributed by atoms with Gasteiger partial charge in [-0.1, -0.05) is 6.07 Å². The number of urea groups is 1. The van der Waals surface area contributed by atoms with Crippen LogP contribution in [0.3, 0.4) is 0 Å². The van der Waals surface area contributed by atoms with Gasteiger partial charge in [0.1, 0.15) is 0 Å². The monoisotopic (exact) mass is 282 g/mol. The highest BCUT2D eigenvalue weighted by Gasteiger charge is 2.15. The Kier molecular flexibility index (Phi) is 5.88. The molecule has 0 aromatic heterocycles. The third kappa shape index (κ3) is 4.48. The van der Waals surface area contributed by atoms with Crippen LogP contribution < -0.4 is 10.7 Å². The molecule has 0 fully saturated rings. The van der Waals surface area contributed by atoms with Crippen LogP contribution in [0.4, 0.5) is 16.2 Å². The molecule has 0 bridgehead atoms. The lowest BCUT2D eigenvalue weighted by Crippen LogP contribution is -2.43. The lowest BCUT2D eigenvalue weighted by molar-refractivity contribution is -0.385. The van der Waals surface area contributed by atoms with E-state index in [9.17, 15) is 14.9 Å². The zero-order chi connectivity index (χ0) is 15.1. The molecule has 1 aromatic carbocycles. The molecule has 0 heterocycles. The molecule has 0 spiro atoms. The minimum Gasteiger partial charge on any atom is -0.383 e. The van der Waals surface area contributed by atoms with Crippen LogP contribution in [0.25, 0.3) is 0 Å². The molecule has 0 aliphatic rings. The van der Waals surface area contributed by atoms with E-state index in [1.807, 2.05) is 0 Å². The first-order valence-corrected chi connectivity index (χ1v) is 5.97. The van der Waals surface area contributed by atoms with Crippen molar-refractivity contribution in [3.05, 3.63) is 33.9 Å². The van der Waals surface area contributed by atoms with Gasteiger partial charge in [0.2, 0.25) is 0 Å². The molecule has 0 aliphatic carbocycles. The molecule has 110 valence electrons. The van der Waals surface area contributed by atoms with Crippen molar-refractivity contribution in [2.45, 2.75) is 6.92 Å². The Morgan fingerprint density at radius 2 is 2.20 bits per heavy atom. The molecular weight excluding hydrogens is 264 g/mol. The standard InChI is InChI=1S/C12H18N4O4/c1-9-10(5-4-6-11(9)16(18)19)13-12(17)14-15(2)7-8-20-3/h4-6H,7-8H2,1-3H3,(H2,13,14,17). The highest BCUT2D eigenvalue weighted by Crippen LogP contribution is 2.24. The highest BCUT2D eigenvalue weighted by molar-refractivity contribution is 5.90. The number of methoxy groups -OCH3 is 1. The van der Waals surface area contributed by atoms with E-state index < -0.39 is 11.0 Å². The number of carbonyl (C=O) groups excluding carboxylic acids is 1. The molecule has 0 aliphatic heterocycles. The SMILES string of the molecule is COCCN(C)NC(=O)Nc1cccc([N+](=O)[O-])c1C. The lowest BCUT2D eigenvalue weighted by Gasteiger charge is -2.18. The van der Waals surface area contributed by atoms with Crippen LogP contribution in [0.15, 0.2) is 18.2 Å². The Bertz CT molecular complexity index is 492. The molecule has 0 saturated carbocycles. The zero-order valence-electron chi connectivity index (χ0n) is 11.7. The van der Waals surface area contributed by atoms with E-state index in [-0.39, 0.29) is 5.69 Å². The van der Waals surface area contributed by atoms with Gasteiger partial charge in [0.15, 0.2) is 0 Å². The summed E-state index contributed by atoms with van der Waals surface area (Å²) in [6.07, 6.45) is 0. The molecule has 0 radical (unpaired) electrons. The van der Waals surface area contributed by atoms with Crippen molar-refractivity contribution in [3.8, 4) is 0 Å². The van der Waals surface area contributed by atoms with E-state index in [0.717, 1.165) is 0 Å². The van der Waals surface area contributed by atoms with Crippen molar-refractivity contribution in [2.24, 2.45) is 0 Å². The number of amides is 2. The molecule has 1 rings (SSSR count). The average molecular weight is 282 g/mol. The minimum atomic E-state index is -0.483. The Morgan fingerprint density at radius 1 is 1.50 bits per heavy atom. The third-order valence-electron chi connectivity index (χ3n) is 2.67. The molecule has 1 aromatic rings. The van der Waals surface area contributed by atoms with Crippen molar-refractivity contribution in [3.63, 3.8) is 0 Å². The molecule has 0 saturated heterocycles. The number of nitro groups is 1. The molecule has 2 amide bonds. The van der Waals surface area contributed by atoms with Gasteiger partial charge in [-0.25, -0.2) is 9.80 Å². The van der Waals surface area contributed by atoms with Crippen molar-refractivity contribution in [2.75, 3.05) is 32.6 Å². The summed E-state index contributed by atoms with van der Waals surface area (Å²) in [5, 5.41) is 14.9. The number of nitro benzene ring substituents is 1. The Hall–Kier alpha value is -2.19. The van der Waals surface area contributed by atoms with Gasteiger partial charge in [-0.05, 0) is 13.0 Å². The largest absolute Gasteiger partial charge is 0.383 e. The smallest absolute Gasteiger partial charge is 0.333 e. The van der Waals surface area contributed by atoms with Gasteiger partial charge < -0.3 is 10.1 Å². The molecule has 8 nitrogen and oxygen atoms in total. The van der Waals surface area contributed by atoms with Gasteiger partial charge in [0, 0.05) is 26.8 Å². The van der Waals surface area contributed by atoms with Crippen LogP contribution >= 0.6 is 0 Å². The van der Waals surface area contributed by atoms with Crippen LogP contribution in [0.5, 0.6) is 0 Å². The Labute approximate surface area is 116 Å². The summed E-state index contributed by atoms with van der Waals surface area (Å²) in [5.41, 5.74) is 3.35. The Balaban J connectivity index is 2.67. The summed E-state index contributed by atoms with van der Waals surface area (Å²) in [5.74, 6) is 0. The number of hydrazine groups is 1. The van der Waals surface area contributed by atoms with Crippen LogP contribution in [0.2, 0.25) is 0 Å². The number of anilines is 1. The fourth-order valence-electron chi connectivity index (χ4n) is 1.56. The van der Waals surface area contributed by atoms with Crippen LogP contribution in [0.1, 0.15) is 5.56 Å². The lowest BCUT2D eigenvalue weighted by atomic mass is 10.1. The molecule has 2 N–H and O–H groups in total. The summed E-state index contributed by atoms with van der Waals surface area (Å²) < 4.78 is 4.89. The molecule has 8 heteroatoms. The number of hydrogen-bond donors (Lipinski definition) is 2. The Morgan fingerprint density at radius 3 is 2.80 bits per heavy atom. The number of nitrogens with one attached hydrogen (secondary N) is 2. The van der Waals surface area contributed by atoms with Crippen LogP contribution in [-0.4, -0.2) is 43.3 Å². The first-order chi connectivity index (χ1) is 9.45. The number of rotatable bonds is 6. The van der Waals surface area contributed by atoms with Crippen molar-refractivity contribution in [1.82, 2.24) is 10.4 Å². The van der Waals surface area contributed by atoms with Gasteiger partial charge in [-0.3, -0.25) is 15.5 Å². The normalized spacial score (nSPS) is 10.4. The van der Waals surface area contributed by atoms with E-state index in [4.69, 9.17) is 4.74 Å². The predicted molar refractivity (Wildman–Crippen MR) is 74.5 cm³/mol. The zero-order valence-corrected chi connectivity index (χ0v) is 11.7. The first kappa shape index (κ1) is 15.9. The van der Waals surface area contributed by atoms with E-state index in [1.54, 1.807) is 32.2 Å². The van der Waals surface area contributed by atoms with E-state index in [0.29, 0.717) is 24.4 Å². The number of carbonyl (C=O) groups is 1. The van der Waals surface area contributed by atoms with Gasteiger partial charge in [-0.2, -0.15) is 0 Å². The maximum atomic E-state index is 11.7. The predicted octanol–water partition coefficient (Wildman–Crippen LogP) is 1.52. The first-order valence-electron chi connectivity index (χ1n) is 5.97.